The maximum atomic E-state index is 5.45. The lowest BCUT2D eigenvalue weighted by Crippen LogP contribution is -2.30. The van der Waals surface area contributed by atoms with Gasteiger partial charge < -0.3 is 4.52 Å². The predicted molar refractivity (Wildman–Crippen MR) is 91.2 cm³/mol. The quantitative estimate of drug-likeness (QED) is 0.711. The van der Waals surface area contributed by atoms with Crippen LogP contribution >= 0.6 is 11.3 Å². The molecule has 4 rings (SSSR count). The van der Waals surface area contributed by atoms with Crippen molar-refractivity contribution < 1.29 is 4.52 Å². The first-order valence-electron chi connectivity index (χ1n) is 8.03. The van der Waals surface area contributed by atoms with Crippen molar-refractivity contribution in [1.82, 2.24) is 15.0 Å². The van der Waals surface area contributed by atoms with Crippen LogP contribution in [-0.4, -0.2) is 27.6 Å². The fourth-order valence-corrected chi connectivity index (χ4v) is 3.87. The monoisotopic (exact) mass is 325 g/mol. The Morgan fingerprint density at radius 3 is 2.91 bits per heavy atom. The third-order valence-electron chi connectivity index (χ3n) is 4.36. The molecule has 0 aliphatic carbocycles. The summed E-state index contributed by atoms with van der Waals surface area (Å²) in [7, 11) is 0. The first-order chi connectivity index (χ1) is 11.4. The molecule has 0 amide bonds. The summed E-state index contributed by atoms with van der Waals surface area (Å²) in [6, 6.07) is 15.3. The zero-order chi connectivity index (χ0) is 15.5. The van der Waals surface area contributed by atoms with Gasteiger partial charge in [0.15, 0.2) is 0 Å². The number of nitrogens with zero attached hydrogens (tertiary/aromatic N) is 3. The maximum absolute atomic E-state index is 5.45. The Labute approximate surface area is 139 Å². The van der Waals surface area contributed by atoms with Crippen LogP contribution in [0.2, 0.25) is 0 Å². The molecule has 1 aromatic carbocycles. The van der Waals surface area contributed by atoms with Crippen molar-refractivity contribution >= 4 is 11.3 Å². The first kappa shape index (κ1) is 14.6. The van der Waals surface area contributed by atoms with E-state index in [1.807, 2.05) is 17.5 Å². The van der Waals surface area contributed by atoms with Gasteiger partial charge in [-0.15, -0.1) is 11.3 Å². The molecule has 1 atom stereocenters. The van der Waals surface area contributed by atoms with Crippen LogP contribution in [-0.2, 0) is 13.0 Å². The van der Waals surface area contributed by atoms with Gasteiger partial charge >= 0.3 is 0 Å². The smallest absolute Gasteiger partial charge is 0.241 e. The molecule has 0 radical (unpaired) electrons. The van der Waals surface area contributed by atoms with Crippen molar-refractivity contribution in [2.24, 2.45) is 0 Å². The highest BCUT2D eigenvalue weighted by atomic mass is 32.1. The second-order valence-electron chi connectivity index (χ2n) is 5.95. The molecule has 0 N–H and O–H groups in total. The summed E-state index contributed by atoms with van der Waals surface area (Å²) in [5, 5.41) is 6.14. The van der Waals surface area contributed by atoms with Crippen molar-refractivity contribution in [3.8, 4) is 10.7 Å². The van der Waals surface area contributed by atoms with Crippen LogP contribution in [0.25, 0.3) is 10.7 Å². The molecule has 1 saturated heterocycles. The molecular formula is C18H19N3OS. The minimum Gasteiger partial charge on any atom is -0.338 e. The second-order valence-corrected chi connectivity index (χ2v) is 6.89. The van der Waals surface area contributed by atoms with Gasteiger partial charge in [0.05, 0.1) is 11.4 Å². The summed E-state index contributed by atoms with van der Waals surface area (Å²) < 4.78 is 5.45. The van der Waals surface area contributed by atoms with E-state index in [1.54, 1.807) is 11.3 Å². The lowest BCUT2D eigenvalue weighted by atomic mass is 10.0. The number of hydrogen-bond donors (Lipinski definition) is 0. The Hall–Kier alpha value is -1.98. The molecule has 4 nitrogen and oxygen atoms in total. The maximum Gasteiger partial charge on any atom is 0.241 e. The van der Waals surface area contributed by atoms with E-state index >= 15 is 0 Å². The van der Waals surface area contributed by atoms with E-state index in [4.69, 9.17) is 4.52 Å². The molecule has 0 saturated carbocycles. The molecule has 1 aliphatic rings. The molecule has 2 aromatic heterocycles. The topological polar surface area (TPSA) is 42.2 Å². The number of likely N-dealkylation sites (tertiary alicyclic amines) is 1. The average Bonchev–Trinajstić information content (AvgIpc) is 3.31. The molecule has 0 unspecified atom stereocenters. The minimum absolute atomic E-state index is 0.564. The number of hydrogen-bond acceptors (Lipinski definition) is 5. The third kappa shape index (κ3) is 3.35. The summed E-state index contributed by atoms with van der Waals surface area (Å²) in [6.45, 7) is 1.85. The zero-order valence-electron chi connectivity index (χ0n) is 12.9. The third-order valence-corrected chi connectivity index (χ3v) is 5.23. The fraction of sp³-hybridized carbons (Fsp3) is 0.333. The summed E-state index contributed by atoms with van der Waals surface area (Å²) in [5.74, 6) is 1.42. The van der Waals surface area contributed by atoms with Crippen LogP contribution in [0.3, 0.4) is 0 Å². The molecule has 23 heavy (non-hydrogen) atoms. The Morgan fingerprint density at radius 2 is 2.09 bits per heavy atom. The number of aromatic nitrogens is 2. The highest BCUT2D eigenvalue weighted by Crippen LogP contribution is 2.25. The Kier molecular flexibility index (Phi) is 4.22. The number of thiophene rings is 1. The van der Waals surface area contributed by atoms with Gasteiger partial charge in [-0.1, -0.05) is 41.6 Å². The van der Waals surface area contributed by atoms with Crippen molar-refractivity contribution in [1.29, 1.82) is 0 Å². The van der Waals surface area contributed by atoms with Gasteiger partial charge in [0, 0.05) is 6.04 Å². The van der Waals surface area contributed by atoms with E-state index in [1.165, 1.54) is 18.4 Å². The van der Waals surface area contributed by atoms with Crippen LogP contribution in [0.15, 0.2) is 52.4 Å². The van der Waals surface area contributed by atoms with Crippen LogP contribution in [0, 0.1) is 0 Å². The lowest BCUT2D eigenvalue weighted by molar-refractivity contribution is 0.210. The lowest BCUT2D eigenvalue weighted by Gasteiger charge is -2.22. The summed E-state index contributed by atoms with van der Waals surface area (Å²) in [6.07, 6.45) is 3.57. The predicted octanol–water partition coefficient (Wildman–Crippen LogP) is 4.01. The Bertz CT molecular complexity index is 739. The number of benzene rings is 1. The molecule has 0 bridgehead atoms. The SMILES string of the molecule is c1ccc(C[C@@H]2CCCN2Cc2nc(-c3cccs3)no2)cc1. The van der Waals surface area contributed by atoms with E-state index < -0.39 is 0 Å². The van der Waals surface area contributed by atoms with Gasteiger partial charge in [0.1, 0.15) is 0 Å². The fourth-order valence-electron chi connectivity index (χ4n) is 3.22. The van der Waals surface area contributed by atoms with Gasteiger partial charge in [-0.2, -0.15) is 4.98 Å². The first-order valence-corrected chi connectivity index (χ1v) is 8.91. The van der Waals surface area contributed by atoms with E-state index in [-0.39, 0.29) is 0 Å². The van der Waals surface area contributed by atoms with Crippen LogP contribution < -0.4 is 0 Å². The molecule has 3 aromatic rings. The Balaban J connectivity index is 1.43. The molecule has 0 spiro atoms. The molecular weight excluding hydrogens is 306 g/mol. The molecule has 1 aliphatic heterocycles. The highest BCUT2D eigenvalue weighted by Gasteiger charge is 2.26. The van der Waals surface area contributed by atoms with Gasteiger partial charge in [-0.05, 0) is 42.8 Å². The minimum atomic E-state index is 0.564. The van der Waals surface area contributed by atoms with Crippen LogP contribution in [0.1, 0.15) is 24.3 Å². The Morgan fingerprint density at radius 1 is 1.17 bits per heavy atom. The van der Waals surface area contributed by atoms with Gasteiger partial charge in [-0.25, -0.2) is 0 Å². The van der Waals surface area contributed by atoms with E-state index in [2.05, 4.69) is 45.4 Å². The largest absolute Gasteiger partial charge is 0.338 e. The van der Waals surface area contributed by atoms with E-state index in [0.29, 0.717) is 17.8 Å². The summed E-state index contributed by atoms with van der Waals surface area (Å²) in [4.78, 5) is 8.08. The van der Waals surface area contributed by atoms with Crippen molar-refractivity contribution in [2.75, 3.05) is 6.54 Å². The van der Waals surface area contributed by atoms with Gasteiger partial charge in [0.2, 0.25) is 11.7 Å². The average molecular weight is 325 g/mol. The van der Waals surface area contributed by atoms with Crippen LogP contribution in [0.4, 0.5) is 0 Å². The van der Waals surface area contributed by atoms with Crippen molar-refractivity contribution in [2.45, 2.75) is 31.8 Å². The normalized spacial score (nSPS) is 18.5. The number of rotatable bonds is 5. The highest BCUT2D eigenvalue weighted by molar-refractivity contribution is 7.13. The van der Waals surface area contributed by atoms with Gasteiger partial charge in [-0.3, -0.25) is 4.90 Å². The van der Waals surface area contributed by atoms with E-state index in [9.17, 15) is 0 Å². The zero-order valence-corrected chi connectivity index (χ0v) is 13.7. The molecule has 5 heteroatoms. The second kappa shape index (κ2) is 6.64. The molecule has 118 valence electrons. The molecule has 3 heterocycles. The van der Waals surface area contributed by atoms with E-state index in [0.717, 1.165) is 24.4 Å². The van der Waals surface area contributed by atoms with Crippen molar-refractivity contribution in [3.05, 3.63) is 59.3 Å². The summed E-state index contributed by atoms with van der Waals surface area (Å²) in [5.41, 5.74) is 1.40. The van der Waals surface area contributed by atoms with Crippen LogP contribution in [0.5, 0.6) is 0 Å². The standard InChI is InChI=1S/C18H19N3OS/c1-2-6-14(7-3-1)12-15-8-4-10-21(15)13-17-19-18(20-22-17)16-9-5-11-23-16/h1-3,5-7,9,11,15H,4,8,10,12-13H2/t15-/m0/s1. The summed E-state index contributed by atoms with van der Waals surface area (Å²) >= 11 is 1.64. The van der Waals surface area contributed by atoms with Gasteiger partial charge in [0.25, 0.3) is 0 Å². The molecule has 1 fully saturated rings. The van der Waals surface area contributed by atoms with Crippen molar-refractivity contribution in [3.63, 3.8) is 0 Å².